The molecule has 0 fully saturated rings. The lowest BCUT2D eigenvalue weighted by molar-refractivity contribution is 0.571. The maximum atomic E-state index is 13.2. The second-order valence-corrected chi connectivity index (χ2v) is 5.56. The van der Waals surface area contributed by atoms with Gasteiger partial charge in [0.2, 0.25) is 5.89 Å². The molecule has 5 heteroatoms. The van der Waals surface area contributed by atoms with Gasteiger partial charge in [-0.1, -0.05) is 12.1 Å². The van der Waals surface area contributed by atoms with Gasteiger partial charge in [0.05, 0.1) is 5.69 Å². The van der Waals surface area contributed by atoms with Gasteiger partial charge in [0.15, 0.2) is 0 Å². The van der Waals surface area contributed by atoms with Crippen LogP contribution in [0.15, 0.2) is 64.1 Å². The van der Waals surface area contributed by atoms with Crippen LogP contribution in [-0.4, -0.2) is 4.98 Å². The number of hydrogen-bond acceptors (Lipinski definition) is 4. The van der Waals surface area contributed by atoms with E-state index in [4.69, 9.17) is 10.2 Å². The minimum Gasteiger partial charge on any atom is -0.444 e. The molecule has 0 aliphatic heterocycles. The molecule has 0 saturated heterocycles. The molecule has 2 N–H and O–H groups in total. The molecule has 0 spiro atoms. The Kier molecular flexibility index (Phi) is 3.92. The second-order valence-electron chi connectivity index (χ2n) is 4.52. The highest BCUT2D eigenvalue weighted by molar-refractivity contribution is 7.98. The molecule has 0 bridgehead atoms. The number of nitrogens with zero attached hydrogens (tertiary/aromatic N) is 1. The van der Waals surface area contributed by atoms with Crippen LogP contribution in [0.2, 0.25) is 0 Å². The van der Waals surface area contributed by atoms with E-state index in [1.54, 1.807) is 30.2 Å². The summed E-state index contributed by atoms with van der Waals surface area (Å²) in [6, 6.07) is 13.9. The van der Waals surface area contributed by atoms with Crippen molar-refractivity contribution < 1.29 is 8.81 Å². The molecule has 2 aromatic carbocycles. The first-order chi connectivity index (χ1) is 10.2. The van der Waals surface area contributed by atoms with Gasteiger partial charge in [0.1, 0.15) is 12.1 Å². The molecule has 0 unspecified atom stereocenters. The van der Waals surface area contributed by atoms with E-state index >= 15 is 0 Å². The van der Waals surface area contributed by atoms with Crippen molar-refractivity contribution in [3.63, 3.8) is 0 Å². The lowest BCUT2D eigenvalue weighted by Crippen LogP contribution is -1.85. The lowest BCUT2D eigenvalue weighted by Gasteiger charge is -2.00. The van der Waals surface area contributed by atoms with Crippen LogP contribution < -0.4 is 5.73 Å². The van der Waals surface area contributed by atoms with E-state index in [0.717, 1.165) is 16.3 Å². The van der Waals surface area contributed by atoms with Gasteiger partial charge in [-0.05, 0) is 36.4 Å². The van der Waals surface area contributed by atoms with Gasteiger partial charge in [0, 0.05) is 21.9 Å². The number of benzene rings is 2. The molecular weight excluding hydrogens is 287 g/mol. The Balaban J connectivity index is 1.71. The fourth-order valence-corrected chi connectivity index (χ4v) is 2.73. The smallest absolute Gasteiger partial charge is 0.226 e. The van der Waals surface area contributed by atoms with Crippen LogP contribution in [-0.2, 0) is 5.75 Å². The number of anilines is 1. The van der Waals surface area contributed by atoms with Crippen molar-refractivity contribution in [2.24, 2.45) is 0 Å². The maximum Gasteiger partial charge on any atom is 0.226 e. The quantitative estimate of drug-likeness (QED) is 0.574. The van der Waals surface area contributed by atoms with Crippen molar-refractivity contribution >= 4 is 17.4 Å². The van der Waals surface area contributed by atoms with E-state index in [0.29, 0.717) is 17.2 Å². The van der Waals surface area contributed by atoms with E-state index in [2.05, 4.69) is 4.98 Å². The summed E-state index contributed by atoms with van der Waals surface area (Å²) >= 11 is 1.62. The Labute approximate surface area is 126 Å². The van der Waals surface area contributed by atoms with Gasteiger partial charge in [-0.15, -0.1) is 11.8 Å². The van der Waals surface area contributed by atoms with Crippen molar-refractivity contribution in [2.75, 3.05) is 5.73 Å². The summed E-state index contributed by atoms with van der Waals surface area (Å²) in [6.07, 6.45) is 1.60. The topological polar surface area (TPSA) is 52.0 Å². The van der Waals surface area contributed by atoms with Crippen LogP contribution in [0.3, 0.4) is 0 Å². The Morgan fingerprint density at radius 1 is 1.14 bits per heavy atom. The zero-order valence-corrected chi connectivity index (χ0v) is 11.9. The Morgan fingerprint density at radius 3 is 2.81 bits per heavy atom. The molecule has 0 saturated carbocycles. The molecule has 106 valence electrons. The highest BCUT2D eigenvalue weighted by Crippen LogP contribution is 2.26. The number of nitrogens with two attached hydrogens (primary N) is 1. The average molecular weight is 300 g/mol. The molecule has 1 aromatic heterocycles. The first-order valence-corrected chi connectivity index (χ1v) is 7.38. The highest BCUT2D eigenvalue weighted by atomic mass is 32.2. The number of hydrogen-bond donors (Lipinski definition) is 1. The fraction of sp³-hybridized carbons (Fsp3) is 0.0625. The normalized spacial score (nSPS) is 10.7. The zero-order valence-electron chi connectivity index (χ0n) is 11.1. The van der Waals surface area contributed by atoms with Crippen molar-refractivity contribution in [3.8, 4) is 11.5 Å². The van der Waals surface area contributed by atoms with Gasteiger partial charge < -0.3 is 10.2 Å². The average Bonchev–Trinajstić information content (AvgIpc) is 2.94. The van der Waals surface area contributed by atoms with Crippen molar-refractivity contribution in [2.45, 2.75) is 10.6 Å². The van der Waals surface area contributed by atoms with E-state index in [1.165, 1.54) is 12.1 Å². The SMILES string of the molecule is Nc1cccc(SCc2coc(-c3cccc(F)c3)n2)c1. The third-order valence-electron chi connectivity index (χ3n) is 2.87. The fourth-order valence-electron chi connectivity index (χ4n) is 1.89. The van der Waals surface area contributed by atoms with E-state index in [-0.39, 0.29) is 5.82 Å². The van der Waals surface area contributed by atoms with Crippen LogP contribution in [0.5, 0.6) is 0 Å². The number of halogens is 1. The Hall–Kier alpha value is -2.27. The van der Waals surface area contributed by atoms with Crippen LogP contribution in [0.1, 0.15) is 5.69 Å². The van der Waals surface area contributed by atoms with Gasteiger partial charge in [0.25, 0.3) is 0 Å². The van der Waals surface area contributed by atoms with Crippen molar-refractivity contribution in [1.29, 1.82) is 0 Å². The summed E-state index contributed by atoms with van der Waals surface area (Å²) in [6.45, 7) is 0. The van der Waals surface area contributed by atoms with Gasteiger partial charge in [-0.25, -0.2) is 9.37 Å². The number of oxazole rings is 1. The predicted octanol–water partition coefficient (Wildman–Crippen LogP) is 4.36. The van der Waals surface area contributed by atoms with Gasteiger partial charge in [-0.3, -0.25) is 0 Å². The van der Waals surface area contributed by atoms with Gasteiger partial charge >= 0.3 is 0 Å². The number of nitrogen functional groups attached to an aromatic ring is 1. The standard InChI is InChI=1S/C16H13FN2OS/c17-12-4-1-3-11(7-12)16-19-14(9-20-16)10-21-15-6-2-5-13(18)8-15/h1-9H,10,18H2. The molecular formula is C16H13FN2OS. The molecule has 0 aliphatic carbocycles. The summed E-state index contributed by atoms with van der Waals surface area (Å²) in [5, 5.41) is 0. The molecule has 0 atom stereocenters. The van der Waals surface area contributed by atoms with Crippen molar-refractivity contribution in [3.05, 3.63) is 66.3 Å². The molecule has 0 radical (unpaired) electrons. The molecule has 21 heavy (non-hydrogen) atoms. The third-order valence-corrected chi connectivity index (χ3v) is 3.90. The first-order valence-electron chi connectivity index (χ1n) is 6.39. The number of rotatable bonds is 4. The number of thioether (sulfide) groups is 1. The van der Waals surface area contributed by atoms with E-state index in [9.17, 15) is 4.39 Å². The highest BCUT2D eigenvalue weighted by Gasteiger charge is 2.08. The number of aromatic nitrogens is 1. The van der Waals surface area contributed by atoms with Crippen LogP contribution >= 0.6 is 11.8 Å². The summed E-state index contributed by atoms with van der Waals surface area (Å²) in [4.78, 5) is 5.45. The first kappa shape index (κ1) is 13.7. The molecule has 3 rings (SSSR count). The second kappa shape index (κ2) is 6.01. The van der Waals surface area contributed by atoms with Crippen LogP contribution in [0, 0.1) is 5.82 Å². The summed E-state index contributed by atoms with van der Waals surface area (Å²) in [7, 11) is 0. The van der Waals surface area contributed by atoms with E-state index in [1.807, 2.05) is 24.3 Å². The molecule has 3 nitrogen and oxygen atoms in total. The monoisotopic (exact) mass is 300 g/mol. The van der Waals surface area contributed by atoms with Gasteiger partial charge in [-0.2, -0.15) is 0 Å². The molecule has 1 heterocycles. The molecule has 3 aromatic rings. The minimum absolute atomic E-state index is 0.304. The largest absolute Gasteiger partial charge is 0.444 e. The molecule has 0 amide bonds. The summed E-state index contributed by atoms with van der Waals surface area (Å²) in [5.74, 6) is 0.793. The lowest BCUT2D eigenvalue weighted by atomic mass is 10.2. The summed E-state index contributed by atoms with van der Waals surface area (Å²) < 4.78 is 18.6. The Morgan fingerprint density at radius 2 is 2.00 bits per heavy atom. The predicted molar refractivity (Wildman–Crippen MR) is 82.3 cm³/mol. The minimum atomic E-state index is -0.304. The third kappa shape index (κ3) is 3.44. The van der Waals surface area contributed by atoms with Crippen LogP contribution in [0.25, 0.3) is 11.5 Å². The van der Waals surface area contributed by atoms with Crippen molar-refractivity contribution in [1.82, 2.24) is 4.98 Å². The Bertz CT molecular complexity index is 757. The summed E-state index contributed by atoms with van der Waals surface area (Å²) in [5.41, 5.74) is 7.92. The zero-order chi connectivity index (χ0) is 14.7. The van der Waals surface area contributed by atoms with E-state index < -0.39 is 0 Å². The van der Waals surface area contributed by atoms with Crippen LogP contribution in [0.4, 0.5) is 10.1 Å². The molecule has 0 aliphatic rings. The maximum absolute atomic E-state index is 13.2.